The number of hydrogen-bond acceptors (Lipinski definition) is 4. The molecule has 0 amide bonds. The highest BCUT2D eigenvalue weighted by Crippen LogP contribution is 2.46. The van der Waals surface area contributed by atoms with Crippen molar-refractivity contribution in [1.82, 2.24) is 9.80 Å². The zero-order valence-electron chi connectivity index (χ0n) is 27.6. The molecule has 0 spiro atoms. The van der Waals surface area contributed by atoms with Crippen molar-refractivity contribution in [3.8, 4) is 0 Å². The molecule has 6 heteroatoms. The van der Waals surface area contributed by atoms with Crippen LogP contribution in [0.15, 0.2) is 107 Å². The first-order valence-electron chi connectivity index (χ1n) is 15.4. The van der Waals surface area contributed by atoms with E-state index in [2.05, 4.69) is 105 Å². The molecule has 0 aromatic rings. The lowest BCUT2D eigenvalue weighted by Crippen LogP contribution is -2.36. The maximum absolute atomic E-state index is 14.0. The highest BCUT2D eigenvalue weighted by Gasteiger charge is 2.44. The number of hydrogen-bond donors (Lipinski definition) is 1. The number of carboxylic acids is 1. The van der Waals surface area contributed by atoms with Crippen molar-refractivity contribution < 1.29 is 19.3 Å². The molecular weight excluding hydrogens is 534 g/mol. The molecule has 43 heavy (non-hydrogen) atoms. The van der Waals surface area contributed by atoms with Crippen molar-refractivity contribution in [3.05, 3.63) is 107 Å². The fourth-order valence-corrected chi connectivity index (χ4v) is 5.88. The molecule has 1 aliphatic carbocycles. The van der Waals surface area contributed by atoms with Gasteiger partial charge in [-0.15, -0.1) is 0 Å². The maximum Gasteiger partial charge on any atom is 0.303 e. The molecule has 0 bridgehead atoms. The third-order valence-corrected chi connectivity index (χ3v) is 8.60. The van der Waals surface area contributed by atoms with Gasteiger partial charge >= 0.3 is 5.97 Å². The standard InChI is InChI=1S/C37H49N3O3/c1-10-14-16-19-27-25-39(12-3)31(36(27,5)6)23-29-34(38(9)22-18-21-33(41)42)30(35(29)43)24-32-37(7,8)28(20-17-15-11-2)26-40(32)13-4/h10-11,14-17,19-20,23-26H,12-13,18,21-22H2,1-9H3/p+1. The van der Waals surface area contributed by atoms with Gasteiger partial charge in [-0.05, 0) is 59.6 Å². The van der Waals surface area contributed by atoms with Crippen LogP contribution in [0.1, 0.15) is 68.2 Å². The fraction of sp³-hybridized carbons (Fsp3) is 0.432. The van der Waals surface area contributed by atoms with E-state index in [9.17, 15) is 14.7 Å². The summed E-state index contributed by atoms with van der Waals surface area (Å²) in [5.74, 6) is -0.790. The van der Waals surface area contributed by atoms with Gasteiger partial charge in [0.25, 0.3) is 0 Å². The molecule has 0 atom stereocenters. The molecule has 0 saturated carbocycles. The summed E-state index contributed by atoms with van der Waals surface area (Å²) in [6, 6.07) is 0. The summed E-state index contributed by atoms with van der Waals surface area (Å²) >= 11 is 0. The van der Waals surface area contributed by atoms with Gasteiger partial charge in [0.2, 0.25) is 0 Å². The summed E-state index contributed by atoms with van der Waals surface area (Å²) < 4.78 is 2.22. The molecule has 0 aromatic heterocycles. The predicted molar refractivity (Wildman–Crippen MR) is 178 cm³/mol. The third kappa shape index (κ3) is 7.01. The molecule has 3 aliphatic rings. The largest absolute Gasteiger partial charge is 0.481 e. The average molecular weight is 585 g/mol. The Morgan fingerprint density at radius 1 is 0.977 bits per heavy atom. The predicted octanol–water partition coefficient (Wildman–Crippen LogP) is 7.34. The number of carbonyl (C=O) groups excluding carboxylic acids is 1. The maximum atomic E-state index is 14.0. The van der Waals surface area contributed by atoms with Crippen LogP contribution in [-0.2, 0) is 9.59 Å². The normalized spacial score (nSPS) is 22.0. The van der Waals surface area contributed by atoms with Gasteiger partial charge in [0.15, 0.2) is 17.7 Å². The Labute approximate surface area is 258 Å². The molecular formula is C37H50N3O3+. The minimum atomic E-state index is -0.813. The van der Waals surface area contributed by atoms with Crippen molar-refractivity contribution in [1.29, 1.82) is 0 Å². The summed E-state index contributed by atoms with van der Waals surface area (Å²) in [4.78, 5) is 29.5. The summed E-state index contributed by atoms with van der Waals surface area (Å²) in [5, 5.41) is 9.24. The van der Waals surface area contributed by atoms with Crippen LogP contribution in [0, 0.1) is 10.8 Å². The number of rotatable bonds is 13. The quantitative estimate of drug-likeness (QED) is 0.139. The molecule has 2 aliphatic heterocycles. The van der Waals surface area contributed by atoms with Crippen LogP contribution in [0.3, 0.4) is 0 Å². The molecule has 2 heterocycles. The Morgan fingerprint density at radius 3 is 2.16 bits per heavy atom. The third-order valence-electron chi connectivity index (χ3n) is 8.60. The topological polar surface area (TPSA) is 63.9 Å². The van der Waals surface area contributed by atoms with Crippen LogP contribution in [0.5, 0.6) is 0 Å². The first-order valence-corrected chi connectivity index (χ1v) is 15.4. The summed E-state index contributed by atoms with van der Waals surface area (Å²) in [6.07, 6.45) is 25.5. The van der Waals surface area contributed by atoms with E-state index in [0.717, 1.165) is 30.2 Å². The Bertz CT molecular complexity index is 1430. The average Bonchev–Trinajstić information content (AvgIpc) is 3.34. The molecule has 3 rings (SSSR count). The number of aliphatic carboxylic acids is 1. The molecule has 1 N–H and O–H groups in total. The van der Waals surface area contributed by atoms with Gasteiger partial charge < -0.3 is 14.9 Å². The molecule has 0 fully saturated rings. The minimum Gasteiger partial charge on any atom is -0.481 e. The smallest absolute Gasteiger partial charge is 0.303 e. The Morgan fingerprint density at radius 2 is 1.60 bits per heavy atom. The van der Waals surface area contributed by atoms with Crippen molar-refractivity contribution in [2.75, 3.05) is 26.7 Å². The fourth-order valence-electron chi connectivity index (χ4n) is 5.88. The molecule has 0 saturated heterocycles. The van der Waals surface area contributed by atoms with Crippen LogP contribution in [0.4, 0.5) is 0 Å². The SMILES string of the molecule is CC=CC=CC1=CN(CC)C(=CC2=C(N(C)CCCC(=O)O)C(=CC3=[N+](CC)C=C(C=CC=CC)C3(C)C)C2=O)C1(C)C. The first-order chi connectivity index (χ1) is 20.3. The molecule has 0 unspecified atom stereocenters. The van der Waals surface area contributed by atoms with Crippen LogP contribution in [-0.4, -0.2) is 63.6 Å². The van der Waals surface area contributed by atoms with Crippen LogP contribution in [0.2, 0.25) is 0 Å². The zero-order valence-corrected chi connectivity index (χ0v) is 27.6. The van der Waals surface area contributed by atoms with Crippen molar-refractivity contribution in [2.45, 2.75) is 68.2 Å². The van der Waals surface area contributed by atoms with Crippen LogP contribution in [0.25, 0.3) is 0 Å². The zero-order chi connectivity index (χ0) is 31.9. The Balaban J connectivity index is 2.13. The van der Waals surface area contributed by atoms with Gasteiger partial charge in [-0.3, -0.25) is 9.59 Å². The van der Waals surface area contributed by atoms with Crippen molar-refractivity contribution in [2.24, 2.45) is 10.8 Å². The summed E-state index contributed by atoms with van der Waals surface area (Å²) in [6.45, 7) is 19.1. The van der Waals surface area contributed by atoms with E-state index in [1.807, 2.05) is 45.2 Å². The van der Waals surface area contributed by atoms with Gasteiger partial charge in [-0.2, -0.15) is 0 Å². The molecule has 6 nitrogen and oxygen atoms in total. The van der Waals surface area contributed by atoms with Crippen LogP contribution < -0.4 is 0 Å². The minimum absolute atomic E-state index is 0.0228. The van der Waals surface area contributed by atoms with Crippen molar-refractivity contribution in [3.63, 3.8) is 0 Å². The second kappa shape index (κ2) is 14.0. The highest BCUT2D eigenvalue weighted by atomic mass is 16.4. The second-order valence-corrected chi connectivity index (χ2v) is 12.2. The lowest BCUT2D eigenvalue weighted by molar-refractivity contribution is -0.450. The van der Waals surface area contributed by atoms with E-state index in [0.29, 0.717) is 24.1 Å². The van der Waals surface area contributed by atoms with E-state index < -0.39 is 5.97 Å². The van der Waals surface area contributed by atoms with E-state index in [-0.39, 0.29) is 23.0 Å². The number of ketones is 1. The monoisotopic (exact) mass is 584 g/mol. The lowest BCUT2D eigenvalue weighted by Gasteiger charge is -2.35. The summed E-state index contributed by atoms with van der Waals surface area (Å²) in [7, 11) is 1.96. The van der Waals surface area contributed by atoms with E-state index >= 15 is 0 Å². The number of nitrogens with zero attached hydrogens (tertiary/aromatic N) is 3. The second-order valence-electron chi connectivity index (χ2n) is 12.2. The summed E-state index contributed by atoms with van der Waals surface area (Å²) in [5.41, 5.74) is 6.20. The van der Waals surface area contributed by atoms with Gasteiger partial charge in [0.1, 0.15) is 6.54 Å². The first kappa shape index (κ1) is 33.6. The van der Waals surface area contributed by atoms with Gasteiger partial charge in [0.05, 0.1) is 16.7 Å². The van der Waals surface area contributed by atoms with Gasteiger partial charge in [-0.1, -0.05) is 62.5 Å². The highest BCUT2D eigenvalue weighted by molar-refractivity contribution is 6.24. The molecule has 0 aromatic carbocycles. The van der Waals surface area contributed by atoms with E-state index in [4.69, 9.17) is 0 Å². The number of allylic oxidation sites excluding steroid dienone is 14. The van der Waals surface area contributed by atoms with Crippen molar-refractivity contribution >= 4 is 17.5 Å². The molecule has 230 valence electrons. The number of likely N-dealkylation sites (N-methyl/N-ethyl adjacent to an activating group) is 1. The number of carboxylic acid groups (broad SMARTS) is 1. The van der Waals surface area contributed by atoms with E-state index in [1.54, 1.807) is 0 Å². The van der Waals surface area contributed by atoms with Gasteiger partial charge in [-0.25, -0.2) is 4.58 Å². The van der Waals surface area contributed by atoms with Gasteiger partial charge in [0, 0.05) is 61.1 Å². The lowest BCUT2D eigenvalue weighted by atomic mass is 9.76. The van der Waals surface area contributed by atoms with Crippen LogP contribution >= 0.6 is 0 Å². The Kier molecular flexibility index (Phi) is 11.0. The van der Waals surface area contributed by atoms with E-state index in [1.165, 1.54) is 11.1 Å². The Hall–Kier alpha value is -3.93. The molecule has 0 radical (unpaired) electrons. The number of Topliss-reactive ketones (excluding diaryl/α,β-unsaturated/α-hetero) is 1. The number of carbonyl (C=O) groups is 2.